The fraction of sp³-hybridized carbons (Fsp3) is 0.727. The van der Waals surface area contributed by atoms with Gasteiger partial charge in [-0.1, -0.05) is 20.8 Å². The summed E-state index contributed by atoms with van der Waals surface area (Å²) in [4.78, 5) is 25.6. The minimum Gasteiger partial charge on any atom is -0.302 e. The van der Waals surface area contributed by atoms with E-state index in [-0.39, 0.29) is 22.8 Å². The molecule has 0 bridgehead atoms. The van der Waals surface area contributed by atoms with E-state index in [9.17, 15) is 9.59 Å². The molecule has 1 fully saturated rings. The van der Waals surface area contributed by atoms with Crippen molar-refractivity contribution in [3.8, 4) is 0 Å². The largest absolute Gasteiger partial charge is 0.302 e. The Balaban J connectivity index is 3.11. The SMILES string of the molecule is CCC1(CC(C)C)C(=O)NC(=S)N(C)C1=O. The second-order valence-corrected chi connectivity index (χ2v) is 5.04. The summed E-state index contributed by atoms with van der Waals surface area (Å²) in [5.74, 6) is -0.149. The van der Waals surface area contributed by atoms with Gasteiger partial charge in [-0.25, -0.2) is 0 Å². The normalized spacial score (nSPS) is 26.3. The van der Waals surface area contributed by atoms with Crippen LogP contribution in [0.15, 0.2) is 0 Å². The smallest absolute Gasteiger partial charge is 0.244 e. The van der Waals surface area contributed by atoms with Crippen LogP contribution >= 0.6 is 12.2 Å². The van der Waals surface area contributed by atoms with Gasteiger partial charge in [0.15, 0.2) is 5.11 Å². The van der Waals surface area contributed by atoms with Gasteiger partial charge in [0.05, 0.1) is 0 Å². The van der Waals surface area contributed by atoms with Gasteiger partial charge >= 0.3 is 0 Å². The monoisotopic (exact) mass is 242 g/mol. The lowest BCUT2D eigenvalue weighted by atomic mass is 9.75. The minimum absolute atomic E-state index is 0.183. The quantitative estimate of drug-likeness (QED) is 0.599. The summed E-state index contributed by atoms with van der Waals surface area (Å²) >= 11 is 4.92. The van der Waals surface area contributed by atoms with E-state index in [0.717, 1.165) is 0 Å². The fourth-order valence-corrected chi connectivity index (χ4v) is 2.32. The van der Waals surface area contributed by atoms with Crippen LogP contribution < -0.4 is 5.32 Å². The predicted molar refractivity (Wildman–Crippen MR) is 65.7 cm³/mol. The van der Waals surface area contributed by atoms with Crippen molar-refractivity contribution >= 4 is 29.1 Å². The minimum atomic E-state index is -0.939. The van der Waals surface area contributed by atoms with E-state index in [1.165, 1.54) is 4.90 Å². The maximum atomic E-state index is 12.2. The van der Waals surface area contributed by atoms with Gasteiger partial charge < -0.3 is 5.32 Å². The topological polar surface area (TPSA) is 49.4 Å². The Morgan fingerprint density at radius 3 is 2.44 bits per heavy atom. The molecule has 90 valence electrons. The van der Waals surface area contributed by atoms with Crippen LogP contribution in [0.5, 0.6) is 0 Å². The van der Waals surface area contributed by atoms with Gasteiger partial charge in [-0.3, -0.25) is 14.5 Å². The first kappa shape index (κ1) is 13.1. The Labute approximate surface area is 101 Å². The van der Waals surface area contributed by atoms with Crippen molar-refractivity contribution in [3.05, 3.63) is 0 Å². The van der Waals surface area contributed by atoms with Crippen LogP contribution in [0.3, 0.4) is 0 Å². The molecule has 1 aliphatic rings. The van der Waals surface area contributed by atoms with Crippen LogP contribution in [-0.2, 0) is 9.59 Å². The van der Waals surface area contributed by atoms with Gasteiger partial charge in [0.1, 0.15) is 5.41 Å². The number of carbonyl (C=O) groups excluding carboxylic acids is 2. The maximum Gasteiger partial charge on any atom is 0.244 e. The van der Waals surface area contributed by atoms with Crippen LogP contribution in [0.25, 0.3) is 0 Å². The number of hydrogen-bond acceptors (Lipinski definition) is 3. The molecule has 0 saturated carbocycles. The van der Waals surface area contributed by atoms with E-state index in [0.29, 0.717) is 12.8 Å². The van der Waals surface area contributed by atoms with Gasteiger partial charge in [0.25, 0.3) is 0 Å². The first-order valence-electron chi connectivity index (χ1n) is 5.48. The number of rotatable bonds is 3. The van der Waals surface area contributed by atoms with Gasteiger partial charge in [0.2, 0.25) is 11.8 Å². The molecule has 1 heterocycles. The molecule has 0 aliphatic carbocycles. The lowest BCUT2D eigenvalue weighted by molar-refractivity contribution is -0.150. The molecule has 1 atom stereocenters. The summed E-state index contributed by atoms with van der Waals surface area (Å²) in [7, 11) is 1.61. The van der Waals surface area contributed by atoms with E-state index in [2.05, 4.69) is 5.32 Å². The van der Waals surface area contributed by atoms with Crippen LogP contribution in [0, 0.1) is 11.3 Å². The molecule has 1 saturated heterocycles. The summed E-state index contributed by atoms with van der Waals surface area (Å²) in [5, 5.41) is 2.80. The molecule has 1 aliphatic heterocycles. The molecule has 4 nitrogen and oxygen atoms in total. The first-order chi connectivity index (χ1) is 7.35. The zero-order chi connectivity index (χ0) is 12.5. The van der Waals surface area contributed by atoms with E-state index in [4.69, 9.17) is 12.2 Å². The summed E-state index contributed by atoms with van der Waals surface area (Å²) in [6.45, 7) is 5.87. The van der Waals surface area contributed by atoms with Crippen LogP contribution in [-0.4, -0.2) is 28.9 Å². The number of hydrogen-bond donors (Lipinski definition) is 1. The molecule has 1 rings (SSSR count). The van der Waals surface area contributed by atoms with E-state index in [1.54, 1.807) is 7.05 Å². The summed E-state index contributed by atoms with van der Waals surface area (Å²) in [6.07, 6.45) is 1.06. The summed E-state index contributed by atoms with van der Waals surface area (Å²) in [6, 6.07) is 0. The Hall–Kier alpha value is -0.970. The second kappa shape index (κ2) is 4.49. The zero-order valence-corrected chi connectivity index (χ0v) is 11.0. The molecule has 0 radical (unpaired) electrons. The lowest BCUT2D eigenvalue weighted by Gasteiger charge is -2.39. The highest BCUT2D eigenvalue weighted by atomic mass is 32.1. The second-order valence-electron chi connectivity index (χ2n) is 4.66. The van der Waals surface area contributed by atoms with E-state index in [1.807, 2.05) is 20.8 Å². The standard InChI is InChI=1S/C11H18N2O2S/c1-5-11(6-7(2)3)8(14)12-10(16)13(4)9(11)15/h7H,5-6H2,1-4H3,(H,12,14,16). The summed E-state index contributed by atoms with van der Waals surface area (Å²) < 4.78 is 0. The zero-order valence-electron chi connectivity index (χ0n) is 10.2. The number of nitrogens with one attached hydrogen (secondary N) is 1. The third kappa shape index (κ3) is 1.96. The number of thiocarbonyl (C=S) groups is 1. The molecule has 0 spiro atoms. The molecule has 16 heavy (non-hydrogen) atoms. The summed E-state index contributed by atoms with van der Waals surface area (Å²) in [5.41, 5.74) is -0.939. The molecule has 0 aromatic carbocycles. The average molecular weight is 242 g/mol. The van der Waals surface area contributed by atoms with Crippen molar-refractivity contribution in [1.29, 1.82) is 0 Å². The van der Waals surface area contributed by atoms with Crippen LogP contribution in [0.1, 0.15) is 33.6 Å². The lowest BCUT2D eigenvalue weighted by Crippen LogP contribution is -2.62. The van der Waals surface area contributed by atoms with Crippen LogP contribution in [0.4, 0.5) is 0 Å². The number of amides is 2. The van der Waals surface area contributed by atoms with Crippen molar-refractivity contribution in [2.24, 2.45) is 11.3 Å². The van der Waals surface area contributed by atoms with Crippen molar-refractivity contribution in [2.45, 2.75) is 33.6 Å². The van der Waals surface area contributed by atoms with E-state index >= 15 is 0 Å². The molecule has 0 aromatic heterocycles. The van der Waals surface area contributed by atoms with Gasteiger partial charge in [-0.15, -0.1) is 0 Å². The molecule has 0 aromatic rings. The molecule has 1 N–H and O–H groups in total. The Morgan fingerprint density at radius 2 is 2.00 bits per heavy atom. The first-order valence-corrected chi connectivity index (χ1v) is 5.89. The molecular formula is C11H18N2O2S. The highest BCUT2D eigenvalue weighted by molar-refractivity contribution is 7.80. The Bertz CT molecular complexity index is 341. The maximum absolute atomic E-state index is 12.2. The highest BCUT2D eigenvalue weighted by Gasteiger charge is 2.50. The number of nitrogens with zero attached hydrogens (tertiary/aromatic N) is 1. The molecule has 2 amide bonds. The average Bonchev–Trinajstić information content (AvgIpc) is 2.21. The van der Waals surface area contributed by atoms with Gasteiger partial charge in [0, 0.05) is 7.05 Å². The predicted octanol–water partition coefficient (Wildman–Crippen LogP) is 1.30. The Kier molecular flexibility index (Phi) is 3.68. The molecule has 1 unspecified atom stereocenters. The fourth-order valence-electron chi connectivity index (χ4n) is 2.14. The highest BCUT2D eigenvalue weighted by Crippen LogP contribution is 2.34. The number of carbonyl (C=O) groups is 2. The molecular weight excluding hydrogens is 224 g/mol. The van der Waals surface area contributed by atoms with E-state index < -0.39 is 5.41 Å². The van der Waals surface area contributed by atoms with Gasteiger partial charge in [-0.05, 0) is 31.0 Å². The van der Waals surface area contributed by atoms with Gasteiger partial charge in [-0.2, -0.15) is 0 Å². The van der Waals surface area contributed by atoms with Crippen molar-refractivity contribution in [3.63, 3.8) is 0 Å². The van der Waals surface area contributed by atoms with Crippen molar-refractivity contribution in [2.75, 3.05) is 7.05 Å². The van der Waals surface area contributed by atoms with Crippen molar-refractivity contribution < 1.29 is 9.59 Å². The van der Waals surface area contributed by atoms with Crippen LogP contribution in [0.2, 0.25) is 0 Å². The third-order valence-corrected chi connectivity index (χ3v) is 3.41. The Morgan fingerprint density at radius 1 is 1.44 bits per heavy atom. The van der Waals surface area contributed by atoms with Crippen molar-refractivity contribution in [1.82, 2.24) is 10.2 Å². The third-order valence-electron chi connectivity index (χ3n) is 3.03. The molecule has 5 heteroatoms.